The minimum absolute atomic E-state index is 0.0971. The highest BCUT2D eigenvalue weighted by atomic mass is 32.1. The van der Waals surface area contributed by atoms with E-state index in [2.05, 4.69) is 26.1 Å². The van der Waals surface area contributed by atoms with Crippen LogP contribution in [-0.4, -0.2) is 19.6 Å². The zero-order chi connectivity index (χ0) is 15.6. The molecule has 4 nitrogen and oxygen atoms in total. The molecule has 1 heterocycles. The van der Waals surface area contributed by atoms with Crippen LogP contribution in [-0.2, 0) is 0 Å². The molecule has 0 radical (unpaired) electrons. The Morgan fingerprint density at radius 2 is 2.10 bits per heavy atom. The number of methoxy groups -OCH3 is 1. The first-order valence-electron chi connectivity index (χ1n) is 7.08. The summed E-state index contributed by atoms with van der Waals surface area (Å²) in [6.07, 6.45) is 0. The van der Waals surface area contributed by atoms with Crippen LogP contribution < -0.4 is 15.8 Å². The van der Waals surface area contributed by atoms with Crippen molar-refractivity contribution < 1.29 is 9.53 Å². The smallest absolute Gasteiger partial charge is 0.263 e. The van der Waals surface area contributed by atoms with Gasteiger partial charge in [-0.1, -0.05) is 20.8 Å². The molecular weight excluding hydrogens is 284 g/mol. The van der Waals surface area contributed by atoms with Gasteiger partial charge < -0.3 is 15.8 Å². The predicted molar refractivity (Wildman–Crippen MR) is 89.1 cm³/mol. The normalized spacial score (nSPS) is 12.6. The van der Waals surface area contributed by atoms with E-state index >= 15 is 0 Å². The molecule has 5 heteroatoms. The fourth-order valence-corrected chi connectivity index (χ4v) is 3.03. The second-order valence-corrected chi connectivity index (χ2v) is 6.69. The Hall–Kier alpha value is -1.75. The van der Waals surface area contributed by atoms with Gasteiger partial charge in [-0.15, -0.1) is 11.3 Å². The molecule has 2 rings (SSSR count). The molecule has 0 saturated carbocycles. The molecule has 0 fully saturated rings. The van der Waals surface area contributed by atoms with E-state index in [0.29, 0.717) is 28.9 Å². The lowest BCUT2D eigenvalue weighted by Crippen LogP contribution is -2.30. The van der Waals surface area contributed by atoms with Gasteiger partial charge in [-0.25, -0.2) is 0 Å². The molecule has 114 valence electrons. The molecule has 0 aliphatic carbocycles. The molecule has 1 atom stereocenters. The number of benzene rings is 1. The number of anilines is 1. The van der Waals surface area contributed by atoms with E-state index in [-0.39, 0.29) is 5.91 Å². The van der Waals surface area contributed by atoms with E-state index in [1.807, 2.05) is 18.2 Å². The Bertz CT molecular complexity index is 649. The van der Waals surface area contributed by atoms with Gasteiger partial charge in [0.15, 0.2) is 0 Å². The quantitative estimate of drug-likeness (QED) is 0.888. The van der Waals surface area contributed by atoms with E-state index in [1.165, 1.54) is 11.3 Å². The molecule has 3 N–H and O–H groups in total. The van der Waals surface area contributed by atoms with Crippen molar-refractivity contribution in [3.63, 3.8) is 0 Å². The van der Waals surface area contributed by atoms with Crippen molar-refractivity contribution >= 4 is 33.0 Å². The van der Waals surface area contributed by atoms with Gasteiger partial charge in [-0.2, -0.15) is 0 Å². The van der Waals surface area contributed by atoms with E-state index in [9.17, 15) is 4.79 Å². The van der Waals surface area contributed by atoms with Crippen LogP contribution in [0.4, 0.5) is 5.69 Å². The van der Waals surface area contributed by atoms with Gasteiger partial charge in [0, 0.05) is 16.6 Å². The third-order valence-electron chi connectivity index (χ3n) is 3.86. The van der Waals surface area contributed by atoms with Gasteiger partial charge in [0.25, 0.3) is 5.91 Å². The number of nitrogens with two attached hydrogens (primary N) is 1. The van der Waals surface area contributed by atoms with Crippen LogP contribution >= 0.6 is 11.3 Å². The van der Waals surface area contributed by atoms with Crippen LogP contribution in [0.25, 0.3) is 10.1 Å². The Morgan fingerprint density at radius 3 is 2.71 bits per heavy atom. The van der Waals surface area contributed by atoms with Crippen molar-refractivity contribution in [2.45, 2.75) is 20.8 Å². The molecule has 0 spiro atoms. The number of nitrogen functional groups attached to an aromatic ring is 1. The Labute approximate surface area is 129 Å². The molecule has 0 bridgehead atoms. The first-order chi connectivity index (χ1) is 9.93. The first-order valence-corrected chi connectivity index (χ1v) is 7.90. The lowest BCUT2D eigenvalue weighted by molar-refractivity contribution is 0.0950. The number of thiophene rings is 1. The summed E-state index contributed by atoms with van der Waals surface area (Å²) in [5.74, 6) is 1.64. The lowest BCUT2D eigenvalue weighted by atomic mass is 9.98. The summed E-state index contributed by atoms with van der Waals surface area (Å²) in [6.45, 7) is 7.09. The van der Waals surface area contributed by atoms with Crippen molar-refractivity contribution in [1.29, 1.82) is 0 Å². The number of hydrogen-bond acceptors (Lipinski definition) is 4. The molecule has 0 aliphatic heterocycles. The highest BCUT2D eigenvalue weighted by Gasteiger charge is 2.17. The molecule has 0 saturated heterocycles. The average molecular weight is 306 g/mol. The number of hydrogen-bond donors (Lipinski definition) is 2. The third kappa shape index (κ3) is 3.29. The van der Waals surface area contributed by atoms with Crippen LogP contribution in [0.15, 0.2) is 18.2 Å². The lowest BCUT2D eigenvalue weighted by Gasteiger charge is -2.15. The van der Waals surface area contributed by atoms with E-state index in [0.717, 1.165) is 15.8 Å². The van der Waals surface area contributed by atoms with E-state index < -0.39 is 0 Å². The van der Waals surface area contributed by atoms with E-state index in [4.69, 9.17) is 10.5 Å². The summed E-state index contributed by atoms with van der Waals surface area (Å²) < 4.78 is 6.17. The number of rotatable bonds is 5. The number of ether oxygens (including phenoxy) is 1. The summed E-state index contributed by atoms with van der Waals surface area (Å²) in [6, 6.07) is 5.66. The highest BCUT2D eigenvalue weighted by molar-refractivity contribution is 7.21. The number of carbonyl (C=O) groups is 1. The highest BCUT2D eigenvalue weighted by Crippen LogP contribution is 2.35. The third-order valence-corrected chi connectivity index (χ3v) is 5.03. The largest absolute Gasteiger partial charge is 0.497 e. The van der Waals surface area contributed by atoms with Gasteiger partial charge in [-0.05, 0) is 30.0 Å². The second kappa shape index (κ2) is 6.35. The minimum Gasteiger partial charge on any atom is -0.497 e. The van der Waals surface area contributed by atoms with Crippen molar-refractivity contribution in [2.24, 2.45) is 11.8 Å². The van der Waals surface area contributed by atoms with Gasteiger partial charge in [0.1, 0.15) is 10.6 Å². The Balaban J connectivity index is 2.21. The zero-order valence-electron chi connectivity index (χ0n) is 12.9. The molecule has 1 aromatic carbocycles. The summed E-state index contributed by atoms with van der Waals surface area (Å²) >= 11 is 1.40. The van der Waals surface area contributed by atoms with Crippen LogP contribution in [0.5, 0.6) is 5.75 Å². The van der Waals surface area contributed by atoms with Crippen LogP contribution in [0.1, 0.15) is 30.4 Å². The van der Waals surface area contributed by atoms with Crippen molar-refractivity contribution in [3.8, 4) is 5.75 Å². The minimum atomic E-state index is -0.0971. The number of amides is 1. The fraction of sp³-hybridized carbons (Fsp3) is 0.438. The summed E-state index contributed by atoms with van der Waals surface area (Å²) in [5, 5.41) is 3.88. The average Bonchev–Trinajstić information content (AvgIpc) is 2.80. The maximum Gasteiger partial charge on any atom is 0.263 e. The molecule has 1 aromatic heterocycles. The van der Waals surface area contributed by atoms with Crippen molar-refractivity contribution in [1.82, 2.24) is 5.32 Å². The fourth-order valence-electron chi connectivity index (χ4n) is 1.96. The number of nitrogens with one attached hydrogen (secondary N) is 1. The summed E-state index contributed by atoms with van der Waals surface area (Å²) in [4.78, 5) is 12.9. The maximum atomic E-state index is 12.3. The number of fused-ring (bicyclic) bond motifs is 1. The molecule has 1 unspecified atom stereocenters. The van der Waals surface area contributed by atoms with Gasteiger partial charge in [0.05, 0.1) is 12.8 Å². The van der Waals surface area contributed by atoms with Crippen LogP contribution in [0.3, 0.4) is 0 Å². The summed E-state index contributed by atoms with van der Waals surface area (Å²) in [5.41, 5.74) is 6.65. The monoisotopic (exact) mass is 306 g/mol. The van der Waals surface area contributed by atoms with Crippen LogP contribution in [0.2, 0.25) is 0 Å². The molecule has 2 aromatic rings. The molecular formula is C16H22N2O2S. The van der Waals surface area contributed by atoms with Gasteiger partial charge >= 0.3 is 0 Å². The molecule has 0 aliphatic rings. The van der Waals surface area contributed by atoms with Crippen LogP contribution in [0, 0.1) is 11.8 Å². The Morgan fingerprint density at radius 1 is 1.38 bits per heavy atom. The standard InChI is InChI=1S/C16H22N2O2S/c1-9(2)10(3)8-18-16(19)15-14(17)12-6-5-11(20-4)7-13(12)21-15/h5-7,9-10H,8,17H2,1-4H3,(H,18,19). The van der Waals surface area contributed by atoms with Gasteiger partial charge in [-0.3, -0.25) is 4.79 Å². The zero-order valence-corrected chi connectivity index (χ0v) is 13.7. The topological polar surface area (TPSA) is 64.3 Å². The summed E-state index contributed by atoms with van der Waals surface area (Å²) in [7, 11) is 1.62. The maximum absolute atomic E-state index is 12.3. The number of carbonyl (C=O) groups excluding carboxylic acids is 1. The predicted octanol–water partition coefficient (Wildman–Crippen LogP) is 3.51. The van der Waals surface area contributed by atoms with E-state index in [1.54, 1.807) is 7.11 Å². The molecule has 21 heavy (non-hydrogen) atoms. The second-order valence-electron chi connectivity index (χ2n) is 5.64. The first kappa shape index (κ1) is 15.6. The van der Waals surface area contributed by atoms with Crippen molar-refractivity contribution in [3.05, 3.63) is 23.1 Å². The van der Waals surface area contributed by atoms with Crippen molar-refractivity contribution in [2.75, 3.05) is 19.4 Å². The molecule has 1 amide bonds. The Kier molecular flexibility index (Phi) is 4.73. The van der Waals surface area contributed by atoms with Gasteiger partial charge in [0.2, 0.25) is 0 Å². The SMILES string of the molecule is COc1ccc2c(N)c(C(=O)NCC(C)C(C)C)sc2c1.